The average Bonchev–Trinajstić information content (AvgIpc) is 2.55. The van der Waals surface area contributed by atoms with Crippen LogP contribution in [-0.4, -0.2) is 24.6 Å². The second-order valence-electron chi connectivity index (χ2n) is 4.91. The standard InChI is InChI=1S/C16H20N4O3/c17-9-8-13-14(18)6-7-15(20(21)22)16(13)19-10-11-23-12-4-2-1-3-5-12/h1-7,19H,8-11,17-18H2. The van der Waals surface area contributed by atoms with Crippen molar-refractivity contribution in [3.8, 4) is 5.75 Å². The van der Waals surface area contributed by atoms with Crippen molar-refractivity contribution >= 4 is 17.1 Å². The van der Waals surface area contributed by atoms with E-state index in [0.717, 1.165) is 5.75 Å². The van der Waals surface area contributed by atoms with Crippen LogP contribution >= 0.6 is 0 Å². The minimum atomic E-state index is -0.431. The van der Waals surface area contributed by atoms with Gasteiger partial charge in [0.15, 0.2) is 0 Å². The van der Waals surface area contributed by atoms with Gasteiger partial charge >= 0.3 is 0 Å². The summed E-state index contributed by atoms with van der Waals surface area (Å²) in [4.78, 5) is 10.8. The lowest BCUT2D eigenvalue weighted by atomic mass is 10.1. The number of hydrogen-bond acceptors (Lipinski definition) is 6. The molecule has 0 radical (unpaired) electrons. The third kappa shape index (κ3) is 4.33. The van der Waals surface area contributed by atoms with E-state index >= 15 is 0 Å². The zero-order valence-corrected chi connectivity index (χ0v) is 12.7. The molecule has 0 heterocycles. The molecule has 7 heteroatoms. The molecule has 0 aliphatic carbocycles. The van der Waals surface area contributed by atoms with Crippen LogP contribution in [0.3, 0.4) is 0 Å². The second-order valence-corrected chi connectivity index (χ2v) is 4.91. The van der Waals surface area contributed by atoms with Gasteiger partial charge in [-0.15, -0.1) is 0 Å². The molecule has 0 amide bonds. The molecule has 0 atom stereocenters. The highest BCUT2D eigenvalue weighted by molar-refractivity contribution is 5.74. The zero-order valence-electron chi connectivity index (χ0n) is 12.7. The molecule has 7 nitrogen and oxygen atoms in total. The number of nitro benzene ring substituents is 1. The Morgan fingerprint density at radius 3 is 2.57 bits per heavy atom. The Morgan fingerprint density at radius 2 is 1.91 bits per heavy atom. The molecule has 23 heavy (non-hydrogen) atoms. The Bertz CT molecular complexity index is 662. The number of nitrogen functional groups attached to an aromatic ring is 1. The zero-order chi connectivity index (χ0) is 16.7. The SMILES string of the molecule is NCCc1c(N)ccc([N+](=O)[O-])c1NCCOc1ccccc1. The topological polar surface area (TPSA) is 116 Å². The molecule has 2 rings (SSSR count). The van der Waals surface area contributed by atoms with Crippen LogP contribution in [0.25, 0.3) is 0 Å². The Labute approximate surface area is 134 Å². The molecule has 2 aromatic carbocycles. The van der Waals surface area contributed by atoms with E-state index in [1.165, 1.54) is 12.1 Å². The van der Waals surface area contributed by atoms with E-state index in [2.05, 4.69) is 5.32 Å². The minimum absolute atomic E-state index is 0.0117. The number of nitrogens with two attached hydrogens (primary N) is 2. The van der Waals surface area contributed by atoms with Crippen molar-refractivity contribution in [3.05, 3.63) is 58.1 Å². The highest BCUT2D eigenvalue weighted by Gasteiger charge is 2.19. The van der Waals surface area contributed by atoms with Crippen molar-refractivity contribution in [3.63, 3.8) is 0 Å². The van der Waals surface area contributed by atoms with Crippen LogP contribution in [0.4, 0.5) is 17.1 Å². The van der Waals surface area contributed by atoms with Crippen molar-refractivity contribution in [1.82, 2.24) is 0 Å². The maximum atomic E-state index is 11.2. The molecular weight excluding hydrogens is 296 g/mol. The predicted molar refractivity (Wildman–Crippen MR) is 90.7 cm³/mol. The number of nitrogens with one attached hydrogen (secondary N) is 1. The lowest BCUT2D eigenvalue weighted by molar-refractivity contribution is -0.384. The third-order valence-corrected chi connectivity index (χ3v) is 3.33. The van der Waals surface area contributed by atoms with Gasteiger partial charge in [-0.2, -0.15) is 0 Å². The van der Waals surface area contributed by atoms with Gasteiger partial charge in [-0.1, -0.05) is 18.2 Å². The van der Waals surface area contributed by atoms with Gasteiger partial charge in [0.05, 0.1) is 4.92 Å². The summed E-state index contributed by atoms with van der Waals surface area (Å²) in [6, 6.07) is 12.3. The van der Waals surface area contributed by atoms with Gasteiger partial charge in [-0.05, 0) is 31.2 Å². The van der Waals surface area contributed by atoms with Gasteiger partial charge in [0.25, 0.3) is 5.69 Å². The molecule has 0 saturated carbocycles. The van der Waals surface area contributed by atoms with Crippen LogP contribution in [0, 0.1) is 10.1 Å². The molecule has 0 aromatic heterocycles. The molecule has 2 aromatic rings. The number of hydrogen-bond donors (Lipinski definition) is 3. The van der Waals surface area contributed by atoms with Crippen molar-refractivity contribution in [1.29, 1.82) is 0 Å². The smallest absolute Gasteiger partial charge is 0.292 e. The summed E-state index contributed by atoms with van der Waals surface area (Å²) in [7, 11) is 0. The molecule has 0 fully saturated rings. The summed E-state index contributed by atoms with van der Waals surface area (Å²) in [5, 5.41) is 14.3. The number of para-hydroxylation sites is 1. The summed E-state index contributed by atoms with van der Waals surface area (Å²) in [6.07, 6.45) is 0.468. The monoisotopic (exact) mass is 316 g/mol. The Kier molecular flexibility index (Phi) is 5.76. The van der Waals surface area contributed by atoms with Gasteiger partial charge < -0.3 is 21.5 Å². The maximum absolute atomic E-state index is 11.2. The molecule has 0 aliphatic rings. The van der Waals surface area contributed by atoms with E-state index in [-0.39, 0.29) is 5.69 Å². The van der Waals surface area contributed by atoms with Gasteiger partial charge in [0, 0.05) is 23.9 Å². The summed E-state index contributed by atoms with van der Waals surface area (Å²) < 4.78 is 5.57. The van der Waals surface area contributed by atoms with E-state index in [1.54, 1.807) is 0 Å². The molecule has 0 spiro atoms. The number of nitro groups is 1. The number of ether oxygens (including phenoxy) is 1. The molecule has 5 N–H and O–H groups in total. The van der Waals surface area contributed by atoms with Crippen molar-refractivity contribution in [2.75, 3.05) is 30.7 Å². The Morgan fingerprint density at radius 1 is 1.17 bits per heavy atom. The largest absolute Gasteiger partial charge is 0.492 e. The second kappa shape index (κ2) is 8.00. The van der Waals surface area contributed by atoms with Gasteiger partial charge in [0.1, 0.15) is 18.0 Å². The van der Waals surface area contributed by atoms with E-state index in [4.69, 9.17) is 16.2 Å². The van der Waals surface area contributed by atoms with E-state index in [0.29, 0.717) is 43.1 Å². The van der Waals surface area contributed by atoms with Gasteiger partial charge in [-0.3, -0.25) is 10.1 Å². The quantitative estimate of drug-likeness (QED) is 0.297. The van der Waals surface area contributed by atoms with Crippen molar-refractivity contribution < 1.29 is 9.66 Å². The highest BCUT2D eigenvalue weighted by atomic mass is 16.6. The predicted octanol–water partition coefficient (Wildman–Crippen LogP) is 2.17. The normalized spacial score (nSPS) is 10.3. The fraction of sp³-hybridized carbons (Fsp3) is 0.250. The van der Waals surface area contributed by atoms with Crippen LogP contribution in [0.5, 0.6) is 5.75 Å². The first-order chi connectivity index (χ1) is 11.1. The maximum Gasteiger partial charge on any atom is 0.292 e. The summed E-state index contributed by atoms with van der Waals surface area (Å²) >= 11 is 0. The summed E-state index contributed by atoms with van der Waals surface area (Å²) in [5.41, 5.74) is 13.1. The van der Waals surface area contributed by atoms with Crippen LogP contribution in [0.1, 0.15) is 5.56 Å². The highest BCUT2D eigenvalue weighted by Crippen LogP contribution is 2.32. The molecule has 0 bridgehead atoms. The number of anilines is 2. The van der Waals surface area contributed by atoms with Crippen LogP contribution in [-0.2, 0) is 6.42 Å². The van der Waals surface area contributed by atoms with E-state index in [9.17, 15) is 10.1 Å². The molecule has 122 valence electrons. The van der Waals surface area contributed by atoms with Crippen molar-refractivity contribution in [2.24, 2.45) is 5.73 Å². The lowest BCUT2D eigenvalue weighted by Gasteiger charge is -2.14. The molecule has 0 unspecified atom stereocenters. The van der Waals surface area contributed by atoms with Crippen molar-refractivity contribution in [2.45, 2.75) is 6.42 Å². The van der Waals surface area contributed by atoms with Crippen LogP contribution < -0.4 is 21.5 Å². The first-order valence-corrected chi connectivity index (χ1v) is 7.31. The first kappa shape index (κ1) is 16.6. The van der Waals surface area contributed by atoms with Gasteiger partial charge in [-0.25, -0.2) is 0 Å². The fourth-order valence-electron chi connectivity index (χ4n) is 2.28. The number of nitrogens with zero attached hydrogens (tertiary/aromatic N) is 1. The number of benzene rings is 2. The molecule has 0 aliphatic heterocycles. The van der Waals surface area contributed by atoms with Gasteiger partial charge in [0.2, 0.25) is 0 Å². The lowest BCUT2D eigenvalue weighted by Crippen LogP contribution is -2.16. The van der Waals surface area contributed by atoms with E-state index < -0.39 is 4.92 Å². The number of rotatable bonds is 8. The summed E-state index contributed by atoms with van der Waals surface area (Å²) in [6.45, 7) is 1.15. The summed E-state index contributed by atoms with van der Waals surface area (Å²) in [5.74, 6) is 0.749. The Hall–Kier alpha value is -2.80. The van der Waals surface area contributed by atoms with E-state index in [1.807, 2.05) is 30.3 Å². The average molecular weight is 316 g/mol. The minimum Gasteiger partial charge on any atom is -0.492 e. The molecule has 0 saturated heterocycles. The fourth-order valence-corrected chi connectivity index (χ4v) is 2.28. The third-order valence-electron chi connectivity index (χ3n) is 3.33. The first-order valence-electron chi connectivity index (χ1n) is 7.31. The molecular formula is C16H20N4O3. The van der Waals surface area contributed by atoms with Crippen LogP contribution in [0.2, 0.25) is 0 Å². The van der Waals surface area contributed by atoms with Crippen LogP contribution in [0.15, 0.2) is 42.5 Å². The Balaban J connectivity index is 2.08.